The van der Waals surface area contributed by atoms with Crippen LogP contribution in [-0.4, -0.2) is 12.6 Å². The van der Waals surface area contributed by atoms with E-state index in [1.165, 1.54) is 5.57 Å². The molecule has 0 radical (unpaired) electrons. The van der Waals surface area contributed by atoms with Crippen molar-refractivity contribution in [3.05, 3.63) is 23.3 Å². The molecule has 0 aromatic carbocycles. The van der Waals surface area contributed by atoms with Gasteiger partial charge in [-0.2, -0.15) is 0 Å². The van der Waals surface area contributed by atoms with Crippen molar-refractivity contribution in [3.63, 3.8) is 0 Å². The molecule has 0 aromatic heterocycles. The molecule has 0 bridgehead atoms. The molecule has 0 saturated carbocycles. The molecule has 0 aliphatic rings. The van der Waals surface area contributed by atoms with E-state index in [1.807, 2.05) is 19.9 Å². The van der Waals surface area contributed by atoms with Crippen LogP contribution in [0.5, 0.6) is 0 Å². The molecule has 2 heteroatoms. The maximum Gasteiger partial charge on any atom is 0.146 e. The molecular weight excluding hydrogens is 152 g/mol. The van der Waals surface area contributed by atoms with E-state index < -0.39 is 0 Å². The van der Waals surface area contributed by atoms with Crippen LogP contribution in [0.4, 0.5) is 0 Å². The topological polar surface area (TPSA) is 34.1 Å². The number of carbonyl (C=O) groups is 2. The number of carbonyl (C=O) groups excluding carboxylic acids is 2. The van der Waals surface area contributed by atoms with Crippen LogP contribution in [0.3, 0.4) is 0 Å². The second-order valence-electron chi connectivity index (χ2n) is 2.78. The van der Waals surface area contributed by atoms with E-state index in [0.717, 1.165) is 19.0 Å². The zero-order valence-corrected chi connectivity index (χ0v) is 7.54. The van der Waals surface area contributed by atoms with E-state index in [2.05, 4.69) is 0 Å². The summed E-state index contributed by atoms with van der Waals surface area (Å²) < 4.78 is 0. The molecule has 0 N–H and O–H groups in total. The highest BCUT2D eigenvalue weighted by Crippen LogP contribution is 2.00. The Hall–Kier alpha value is -1.18. The lowest BCUT2D eigenvalue weighted by atomic mass is 10.1. The SMILES string of the molecule is CC(C)=CC/C=C(\C=O)CC=O. The van der Waals surface area contributed by atoms with Gasteiger partial charge in [-0.3, -0.25) is 4.79 Å². The fourth-order valence-corrected chi connectivity index (χ4v) is 0.722. The number of hydrogen-bond acceptors (Lipinski definition) is 2. The molecule has 0 rings (SSSR count). The molecule has 0 aromatic rings. The normalized spacial score (nSPS) is 10.7. The number of hydrogen-bond donors (Lipinski definition) is 0. The van der Waals surface area contributed by atoms with Gasteiger partial charge in [-0.15, -0.1) is 0 Å². The highest BCUT2D eigenvalue weighted by atomic mass is 16.1. The molecule has 2 nitrogen and oxygen atoms in total. The van der Waals surface area contributed by atoms with Crippen LogP contribution in [0.15, 0.2) is 23.3 Å². The molecule has 0 unspecified atom stereocenters. The predicted octanol–water partition coefficient (Wildman–Crippen LogP) is 2.06. The van der Waals surface area contributed by atoms with Crippen LogP contribution in [-0.2, 0) is 9.59 Å². The first-order valence-corrected chi connectivity index (χ1v) is 3.92. The minimum absolute atomic E-state index is 0.222. The zero-order valence-electron chi connectivity index (χ0n) is 7.54. The third-order valence-electron chi connectivity index (χ3n) is 1.38. The minimum Gasteiger partial charge on any atom is -0.303 e. The summed E-state index contributed by atoms with van der Waals surface area (Å²) in [5, 5.41) is 0. The Morgan fingerprint density at radius 2 is 1.83 bits per heavy atom. The van der Waals surface area contributed by atoms with Gasteiger partial charge in [0.2, 0.25) is 0 Å². The molecule has 0 aliphatic carbocycles. The molecule has 0 atom stereocenters. The molecule has 0 aliphatic heterocycles. The van der Waals surface area contributed by atoms with Crippen molar-refractivity contribution in [1.29, 1.82) is 0 Å². The fourth-order valence-electron chi connectivity index (χ4n) is 0.722. The van der Waals surface area contributed by atoms with Crippen molar-refractivity contribution < 1.29 is 9.59 Å². The summed E-state index contributed by atoms with van der Waals surface area (Å²) >= 11 is 0. The Morgan fingerprint density at radius 3 is 2.25 bits per heavy atom. The van der Waals surface area contributed by atoms with Gasteiger partial charge >= 0.3 is 0 Å². The monoisotopic (exact) mass is 166 g/mol. The Labute approximate surface area is 73.0 Å². The van der Waals surface area contributed by atoms with Crippen molar-refractivity contribution in [1.82, 2.24) is 0 Å². The Bertz CT molecular complexity index is 208. The van der Waals surface area contributed by atoms with Gasteiger partial charge in [0.15, 0.2) is 0 Å². The molecule has 0 spiro atoms. The maximum absolute atomic E-state index is 10.3. The van der Waals surface area contributed by atoms with Gasteiger partial charge in [0.25, 0.3) is 0 Å². The number of rotatable bonds is 5. The van der Waals surface area contributed by atoms with Crippen molar-refractivity contribution in [2.75, 3.05) is 0 Å². The van der Waals surface area contributed by atoms with E-state index in [1.54, 1.807) is 6.08 Å². The lowest BCUT2D eigenvalue weighted by molar-refractivity contribution is -0.109. The summed E-state index contributed by atoms with van der Waals surface area (Å²) in [4.78, 5) is 20.4. The summed E-state index contributed by atoms with van der Waals surface area (Å²) in [6.45, 7) is 3.99. The Morgan fingerprint density at radius 1 is 1.17 bits per heavy atom. The molecule has 66 valence electrons. The van der Waals surface area contributed by atoms with Gasteiger partial charge < -0.3 is 4.79 Å². The molecular formula is C10H14O2. The van der Waals surface area contributed by atoms with Crippen LogP contribution in [0, 0.1) is 0 Å². The van der Waals surface area contributed by atoms with Gasteiger partial charge in [-0.05, 0) is 25.8 Å². The lowest BCUT2D eigenvalue weighted by Gasteiger charge is -1.90. The largest absolute Gasteiger partial charge is 0.303 e. The summed E-state index contributed by atoms with van der Waals surface area (Å²) in [5.41, 5.74) is 1.77. The van der Waals surface area contributed by atoms with Gasteiger partial charge in [0.1, 0.15) is 12.6 Å². The fraction of sp³-hybridized carbons (Fsp3) is 0.400. The zero-order chi connectivity index (χ0) is 9.40. The average Bonchev–Trinajstić information content (AvgIpc) is 2.02. The van der Waals surface area contributed by atoms with E-state index in [-0.39, 0.29) is 6.42 Å². The number of allylic oxidation sites excluding steroid dienone is 4. The predicted molar refractivity (Wildman–Crippen MR) is 48.9 cm³/mol. The maximum atomic E-state index is 10.3. The van der Waals surface area contributed by atoms with Crippen molar-refractivity contribution in [2.24, 2.45) is 0 Å². The molecule has 0 heterocycles. The van der Waals surface area contributed by atoms with E-state index in [9.17, 15) is 9.59 Å². The van der Waals surface area contributed by atoms with Crippen LogP contribution in [0.1, 0.15) is 26.7 Å². The standard InChI is InChI=1S/C10H14O2/c1-9(2)4-3-5-10(8-12)6-7-11/h4-5,7-8H,3,6H2,1-2H3/b10-5-. The highest BCUT2D eigenvalue weighted by molar-refractivity contribution is 5.78. The van der Waals surface area contributed by atoms with Crippen molar-refractivity contribution >= 4 is 12.6 Å². The van der Waals surface area contributed by atoms with Gasteiger partial charge in [0, 0.05) is 6.42 Å². The molecule has 0 amide bonds. The molecule has 0 saturated heterocycles. The summed E-state index contributed by atoms with van der Waals surface area (Å²) in [6, 6.07) is 0. The van der Waals surface area contributed by atoms with Crippen LogP contribution < -0.4 is 0 Å². The molecule has 12 heavy (non-hydrogen) atoms. The van der Waals surface area contributed by atoms with Gasteiger partial charge in [-0.25, -0.2) is 0 Å². The summed E-state index contributed by atoms with van der Waals surface area (Å²) in [7, 11) is 0. The van der Waals surface area contributed by atoms with Crippen LogP contribution >= 0.6 is 0 Å². The minimum atomic E-state index is 0.222. The summed E-state index contributed by atoms with van der Waals surface area (Å²) in [6.07, 6.45) is 6.20. The smallest absolute Gasteiger partial charge is 0.146 e. The first kappa shape index (κ1) is 10.8. The highest BCUT2D eigenvalue weighted by Gasteiger charge is 1.91. The molecule has 0 fully saturated rings. The van der Waals surface area contributed by atoms with Crippen LogP contribution in [0.2, 0.25) is 0 Å². The van der Waals surface area contributed by atoms with Crippen molar-refractivity contribution in [3.8, 4) is 0 Å². The van der Waals surface area contributed by atoms with Crippen molar-refractivity contribution in [2.45, 2.75) is 26.7 Å². The number of aldehydes is 2. The second-order valence-corrected chi connectivity index (χ2v) is 2.78. The van der Waals surface area contributed by atoms with E-state index in [4.69, 9.17) is 0 Å². The second kappa shape index (κ2) is 6.53. The first-order valence-electron chi connectivity index (χ1n) is 3.92. The Kier molecular flexibility index (Phi) is 5.88. The quantitative estimate of drug-likeness (QED) is 0.356. The first-order chi connectivity index (χ1) is 5.70. The third-order valence-corrected chi connectivity index (χ3v) is 1.38. The summed E-state index contributed by atoms with van der Waals surface area (Å²) in [5.74, 6) is 0. The van der Waals surface area contributed by atoms with E-state index in [0.29, 0.717) is 5.57 Å². The Balaban J connectivity index is 4.02. The van der Waals surface area contributed by atoms with Gasteiger partial charge in [0.05, 0.1) is 0 Å². The lowest BCUT2D eigenvalue weighted by Crippen LogP contribution is -1.85. The van der Waals surface area contributed by atoms with Crippen LogP contribution in [0.25, 0.3) is 0 Å². The van der Waals surface area contributed by atoms with Gasteiger partial charge in [-0.1, -0.05) is 17.7 Å². The third kappa shape index (κ3) is 5.59. The average molecular weight is 166 g/mol. The van der Waals surface area contributed by atoms with E-state index >= 15 is 0 Å².